The van der Waals surface area contributed by atoms with Crippen molar-refractivity contribution in [2.24, 2.45) is 17.8 Å². The van der Waals surface area contributed by atoms with Gasteiger partial charge in [0, 0.05) is 45.3 Å². The highest BCUT2D eigenvalue weighted by atomic mass is 16.5. The van der Waals surface area contributed by atoms with Gasteiger partial charge in [-0.2, -0.15) is 0 Å². The van der Waals surface area contributed by atoms with Crippen molar-refractivity contribution in [2.75, 3.05) is 39.9 Å². The van der Waals surface area contributed by atoms with Gasteiger partial charge in [-0.1, -0.05) is 38.1 Å². The summed E-state index contributed by atoms with van der Waals surface area (Å²) in [6.45, 7) is 8.56. The molecule has 304 valence electrons. The number of hydrogen-bond donors (Lipinski definition) is 4. The summed E-state index contributed by atoms with van der Waals surface area (Å²) in [5.41, 5.74) is 1.48. The lowest BCUT2D eigenvalue weighted by atomic mass is 9.94. The van der Waals surface area contributed by atoms with Crippen LogP contribution in [0, 0.1) is 17.8 Å². The molecule has 0 spiro atoms. The zero-order chi connectivity index (χ0) is 40.4. The third-order valence-corrected chi connectivity index (χ3v) is 10.7. The van der Waals surface area contributed by atoms with Crippen LogP contribution in [-0.4, -0.2) is 109 Å². The van der Waals surface area contributed by atoms with E-state index in [1.807, 2.05) is 12.1 Å². The molecule has 0 radical (unpaired) electrons. The number of carbonyl (C=O) groups is 6. The standard InChI is InChI=1S/C42H58N6O8/c1-26(2)20-33-25-56-35-14-10-30(11-15-35)22-37(45-39(51)32-16-18-47(19-17-32)28(4)49)41(53)46-36(21-29-8-12-34(55-5)13-9-29)40(52)43-27(3)42(54)48(23-31-6-7-31)24-38(50)44-33/h8-15,26-27,31-33,36-37H,6-7,16-25H2,1-5H3,(H,43,52)(H,44,50)(H,45,51)(H,46,53)/t27-,33+,36+,37+/m1/s1. The zero-order valence-electron chi connectivity index (χ0n) is 33.3. The van der Waals surface area contributed by atoms with Crippen molar-refractivity contribution in [3.05, 3.63) is 59.7 Å². The predicted molar refractivity (Wildman–Crippen MR) is 209 cm³/mol. The number of fused-ring (bicyclic) bond motifs is 17. The minimum absolute atomic E-state index is 0.0429. The fourth-order valence-electron chi connectivity index (χ4n) is 7.27. The normalized spacial score (nSPS) is 23.5. The number of nitrogens with one attached hydrogen (secondary N) is 4. The van der Waals surface area contributed by atoms with Gasteiger partial charge in [0.05, 0.1) is 19.7 Å². The van der Waals surface area contributed by atoms with Crippen LogP contribution in [0.4, 0.5) is 0 Å². The Bertz CT molecular complexity index is 1690. The van der Waals surface area contributed by atoms with Crippen molar-refractivity contribution in [3.8, 4) is 11.5 Å². The predicted octanol–water partition coefficient (Wildman–Crippen LogP) is 2.38. The molecule has 1 saturated carbocycles. The van der Waals surface area contributed by atoms with E-state index in [-0.39, 0.29) is 61.6 Å². The molecule has 4 atom stereocenters. The molecule has 14 heteroatoms. The fraction of sp³-hybridized carbons (Fsp3) is 0.571. The van der Waals surface area contributed by atoms with Gasteiger partial charge in [-0.3, -0.25) is 28.8 Å². The monoisotopic (exact) mass is 774 g/mol. The van der Waals surface area contributed by atoms with Crippen LogP contribution in [0.2, 0.25) is 0 Å². The molecule has 2 aromatic carbocycles. The molecule has 3 aliphatic heterocycles. The summed E-state index contributed by atoms with van der Waals surface area (Å²) in [7, 11) is 1.55. The van der Waals surface area contributed by atoms with E-state index in [9.17, 15) is 28.8 Å². The number of piperidine rings is 1. The molecule has 3 heterocycles. The Morgan fingerprint density at radius 2 is 1.59 bits per heavy atom. The Hall–Kier alpha value is -5.14. The first-order valence-corrected chi connectivity index (χ1v) is 19.9. The maximum absolute atomic E-state index is 14.3. The number of hydrogen-bond acceptors (Lipinski definition) is 8. The topological polar surface area (TPSA) is 175 Å². The molecule has 1 saturated heterocycles. The number of benzene rings is 2. The van der Waals surface area contributed by atoms with Gasteiger partial charge in [-0.15, -0.1) is 0 Å². The second-order valence-electron chi connectivity index (χ2n) is 15.9. The van der Waals surface area contributed by atoms with Gasteiger partial charge in [0.25, 0.3) is 0 Å². The molecular formula is C42H58N6O8. The molecule has 2 aromatic rings. The second kappa shape index (κ2) is 19.6. The number of methoxy groups -OCH3 is 1. The molecule has 4 aliphatic rings. The van der Waals surface area contributed by atoms with Crippen LogP contribution in [0.1, 0.15) is 70.9 Å². The van der Waals surface area contributed by atoms with Crippen LogP contribution in [0.25, 0.3) is 0 Å². The first kappa shape index (κ1) is 42.0. The van der Waals surface area contributed by atoms with Gasteiger partial charge in [0.15, 0.2) is 0 Å². The number of nitrogens with zero attached hydrogens (tertiary/aromatic N) is 2. The van der Waals surface area contributed by atoms with Crippen LogP contribution < -0.4 is 30.7 Å². The van der Waals surface area contributed by atoms with Crippen molar-refractivity contribution in [2.45, 2.75) is 96.8 Å². The molecular weight excluding hydrogens is 716 g/mol. The average molecular weight is 775 g/mol. The van der Waals surface area contributed by atoms with Gasteiger partial charge >= 0.3 is 0 Å². The smallest absolute Gasteiger partial charge is 0.245 e. The third-order valence-electron chi connectivity index (χ3n) is 10.7. The van der Waals surface area contributed by atoms with Crippen molar-refractivity contribution in [1.82, 2.24) is 31.1 Å². The first-order valence-electron chi connectivity index (χ1n) is 19.9. The maximum atomic E-state index is 14.3. The lowest BCUT2D eigenvalue weighted by molar-refractivity contribution is -0.140. The lowest BCUT2D eigenvalue weighted by Crippen LogP contribution is -2.58. The molecule has 2 fully saturated rings. The minimum atomic E-state index is -1.12. The number of amides is 6. The fourth-order valence-corrected chi connectivity index (χ4v) is 7.27. The highest BCUT2D eigenvalue weighted by molar-refractivity contribution is 5.95. The van der Waals surface area contributed by atoms with Gasteiger partial charge in [0.1, 0.15) is 36.2 Å². The largest absolute Gasteiger partial charge is 0.497 e. The Kier molecular flexibility index (Phi) is 14.7. The van der Waals surface area contributed by atoms with E-state index in [1.54, 1.807) is 55.3 Å². The SMILES string of the molecule is COc1ccc(C[C@@H]2NC(=O)[C@@H](NC(=O)C3CCN(C(C)=O)CC3)Cc3ccc(cc3)OC[C@H](CC(C)C)NC(=O)CN(CC3CC3)C(=O)[C@@H](C)NC2=O)cc1. The van der Waals surface area contributed by atoms with Crippen molar-refractivity contribution in [3.63, 3.8) is 0 Å². The molecule has 6 amide bonds. The lowest BCUT2D eigenvalue weighted by Gasteiger charge is -2.32. The minimum Gasteiger partial charge on any atom is -0.497 e. The number of carbonyl (C=O) groups excluding carboxylic acids is 6. The van der Waals surface area contributed by atoms with Crippen LogP contribution in [0.15, 0.2) is 48.5 Å². The number of ether oxygens (including phenoxy) is 2. The quantitative estimate of drug-likeness (QED) is 0.281. The summed E-state index contributed by atoms with van der Waals surface area (Å²) in [5.74, 6) is -0.837. The van der Waals surface area contributed by atoms with Crippen molar-refractivity contribution < 1.29 is 38.2 Å². The summed E-state index contributed by atoms with van der Waals surface area (Å²) in [4.78, 5) is 84.5. The van der Waals surface area contributed by atoms with E-state index in [4.69, 9.17) is 9.47 Å². The third kappa shape index (κ3) is 12.4. The van der Waals surface area contributed by atoms with Gasteiger partial charge < -0.3 is 40.5 Å². The molecule has 0 unspecified atom stereocenters. The summed E-state index contributed by atoms with van der Waals surface area (Å²) < 4.78 is 11.4. The first-order chi connectivity index (χ1) is 26.8. The maximum Gasteiger partial charge on any atom is 0.245 e. The summed E-state index contributed by atoms with van der Waals surface area (Å²) in [6, 6.07) is 10.8. The number of likely N-dealkylation sites (tertiary alicyclic amines) is 1. The summed E-state index contributed by atoms with van der Waals surface area (Å²) in [6.07, 6.45) is 3.72. The Morgan fingerprint density at radius 1 is 0.911 bits per heavy atom. The van der Waals surface area contributed by atoms with E-state index in [1.165, 1.54) is 11.8 Å². The Labute approximate surface area is 329 Å². The van der Waals surface area contributed by atoms with Gasteiger partial charge in [-0.05, 0) is 86.3 Å². The average Bonchev–Trinajstić information content (AvgIpc) is 4.00. The van der Waals surface area contributed by atoms with Crippen molar-refractivity contribution in [1.29, 1.82) is 0 Å². The zero-order valence-corrected chi connectivity index (χ0v) is 33.3. The highest BCUT2D eigenvalue weighted by Crippen LogP contribution is 2.30. The second-order valence-corrected chi connectivity index (χ2v) is 15.9. The van der Waals surface area contributed by atoms with Gasteiger partial charge in [-0.25, -0.2) is 0 Å². The van der Waals surface area contributed by atoms with E-state index in [2.05, 4.69) is 35.1 Å². The van der Waals surface area contributed by atoms with Crippen molar-refractivity contribution >= 4 is 35.4 Å². The Balaban J connectivity index is 1.45. The molecule has 0 aromatic heterocycles. The van der Waals surface area contributed by atoms with E-state index in [0.717, 1.165) is 24.0 Å². The van der Waals surface area contributed by atoms with Crippen LogP contribution in [0.5, 0.6) is 11.5 Å². The van der Waals surface area contributed by atoms with Crippen LogP contribution in [0.3, 0.4) is 0 Å². The number of rotatable bonds is 9. The molecule has 56 heavy (non-hydrogen) atoms. The van der Waals surface area contributed by atoms with E-state index >= 15 is 0 Å². The highest BCUT2D eigenvalue weighted by Gasteiger charge is 2.35. The molecule has 1 aliphatic carbocycles. The molecule has 6 rings (SSSR count). The summed E-state index contributed by atoms with van der Waals surface area (Å²) in [5, 5.41) is 11.7. The van der Waals surface area contributed by atoms with Crippen LogP contribution in [-0.2, 0) is 41.6 Å². The molecule has 14 nitrogen and oxygen atoms in total. The molecule has 2 bridgehead atoms. The summed E-state index contributed by atoms with van der Waals surface area (Å²) >= 11 is 0. The van der Waals surface area contributed by atoms with Crippen LogP contribution >= 0.6 is 0 Å². The van der Waals surface area contributed by atoms with E-state index in [0.29, 0.717) is 50.4 Å². The Morgan fingerprint density at radius 3 is 2.20 bits per heavy atom. The van der Waals surface area contributed by atoms with E-state index < -0.39 is 41.8 Å². The molecule has 4 N–H and O–H groups in total. The van der Waals surface area contributed by atoms with Gasteiger partial charge in [0.2, 0.25) is 35.4 Å².